The van der Waals surface area contributed by atoms with Gasteiger partial charge in [-0.25, -0.2) is 0 Å². The molecule has 1 aromatic rings. The average molecular weight is 459 g/mol. The van der Waals surface area contributed by atoms with Crippen LogP contribution in [0.5, 0.6) is 0 Å². The molecule has 0 aliphatic heterocycles. The lowest BCUT2D eigenvalue weighted by Crippen LogP contribution is -2.47. The normalized spacial score (nSPS) is 13.5. The van der Waals surface area contributed by atoms with Gasteiger partial charge in [0, 0.05) is 5.56 Å². The van der Waals surface area contributed by atoms with Crippen LogP contribution in [0.25, 0.3) is 0 Å². The van der Waals surface area contributed by atoms with Crippen LogP contribution in [0.3, 0.4) is 0 Å². The summed E-state index contributed by atoms with van der Waals surface area (Å²) in [6.45, 7) is 30.0. The minimum Gasteiger partial charge on any atom is -0.439 e. The van der Waals surface area contributed by atoms with Crippen LogP contribution in [0.4, 0.5) is 0 Å². The highest BCUT2D eigenvalue weighted by molar-refractivity contribution is 6.77. The fourth-order valence-electron chi connectivity index (χ4n) is 5.36. The third kappa shape index (κ3) is 6.64. The fraction of sp³-hybridized carbons (Fsp3) is 0.724. The molecule has 0 saturated carbocycles. The Bertz CT molecular complexity index is 727. The number of hydrogen-bond acceptors (Lipinski definition) is 2. The van der Waals surface area contributed by atoms with Gasteiger partial charge in [0.25, 0.3) is 0 Å². The van der Waals surface area contributed by atoms with Crippen molar-refractivity contribution in [1.82, 2.24) is 0 Å². The predicted molar refractivity (Wildman–Crippen MR) is 143 cm³/mol. The topological polar surface area (TPSA) is 18.5 Å². The van der Waals surface area contributed by atoms with E-state index >= 15 is 0 Å². The van der Waals surface area contributed by atoms with E-state index in [1.165, 1.54) is 22.3 Å². The highest BCUT2D eigenvalue weighted by atomic mass is 28.4. The van der Waals surface area contributed by atoms with Crippen molar-refractivity contribution in [2.75, 3.05) is 6.61 Å². The third-order valence-corrected chi connectivity index (χ3v) is 13.1. The summed E-state index contributed by atoms with van der Waals surface area (Å²) in [4.78, 5) is 0. The molecule has 0 spiro atoms. The van der Waals surface area contributed by atoms with Crippen LogP contribution >= 0.6 is 0 Å². The van der Waals surface area contributed by atoms with Crippen LogP contribution in [0.1, 0.15) is 136 Å². The lowest BCUT2D eigenvalue weighted by Gasteiger charge is -2.41. The number of ether oxygens (including phenoxy) is 1. The Kier molecular flexibility index (Phi) is 11.1. The van der Waals surface area contributed by atoms with E-state index in [0.29, 0.717) is 41.0 Å². The van der Waals surface area contributed by atoms with E-state index in [1.54, 1.807) is 0 Å². The number of benzene rings is 1. The van der Waals surface area contributed by atoms with Crippen molar-refractivity contribution < 1.29 is 9.16 Å². The van der Waals surface area contributed by atoms with E-state index in [9.17, 15) is 0 Å². The molecule has 0 heterocycles. The van der Waals surface area contributed by atoms with Gasteiger partial charge in [-0.05, 0) is 63.9 Å². The zero-order valence-electron chi connectivity index (χ0n) is 23.2. The lowest BCUT2D eigenvalue weighted by molar-refractivity contribution is 0.184. The van der Waals surface area contributed by atoms with Gasteiger partial charge in [-0.15, -0.1) is 0 Å². The molecule has 3 heteroatoms. The first-order valence-corrected chi connectivity index (χ1v) is 14.9. The first-order chi connectivity index (χ1) is 14.8. The smallest absolute Gasteiger partial charge is 0.201 e. The summed E-state index contributed by atoms with van der Waals surface area (Å²) >= 11 is 0. The van der Waals surface area contributed by atoms with Crippen molar-refractivity contribution in [3.05, 3.63) is 34.4 Å². The second-order valence-electron chi connectivity index (χ2n) is 11.2. The first-order valence-electron chi connectivity index (χ1n) is 12.7. The Morgan fingerprint density at radius 2 is 1.12 bits per heavy atom. The molecule has 0 amide bonds. The lowest BCUT2D eigenvalue weighted by atomic mass is 9.82. The molecule has 1 unspecified atom stereocenters. The Labute approximate surface area is 201 Å². The second-order valence-corrected chi connectivity index (χ2v) is 16.7. The summed E-state index contributed by atoms with van der Waals surface area (Å²) in [7, 11) is -1.89. The molecule has 0 aliphatic carbocycles. The zero-order chi connectivity index (χ0) is 24.8. The van der Waals surface area contributed by atoms with Crippen molar-refractivity contribution in [1.29, 1.82) is 0 Å². The Morgan fingerprint density at radius 3 is 1.47 bits per heavy atom. The molecule has 1 rings (SSSR count). The van der Waals surface area contributed by atoms with Crippen LogP contribution in [-0.4, -0.2) is 14.9 Å². The number of hydrogen-bond donors (Lipinski definition) is 0. The summed E-state index contributed by atoms with van der Waals surface area (Å²) in [5.41, 5.74) is 7.17. The minimum atomic E-state index is -1.89. The van der Waals surface area contributed by atoms with Crippen molar-refractivity contribution >= 4 is 8.32 Å². The van der Waals surface area contributed by atoms with Crippen molar-refractivity contribution in [2.45, 2.75) is 130 Å². The monoisotopic (exact) mass is 458 g/mol. The van der Waals surface area contributed by atoms with Crippen molar-refractivity contribution in [3.63, 3.8) is 0 Å². The van der Waals surface area contributed by atoms with Crippen LogP contribution in [-0.2, 0) is 9.16 Å². The molecule has 0 bridgehead atoms. The van der Waals surface area contributed by atoms with Crippen LogP contribution < -0.4 is 0 Å². The van der Waals surface area contributed by atoms with Gasteiger partial charge >= 0.3 is 0 Å². The van der Waals surface area contributed by atoms with Crippen LogP contribution in [0.15, 0.2) is 12.1 Å². The van der Waals surface area contributed by atoms with E-state index in [-0.39, 0.29) is 6.10 Å². The van der Waals surface area contributed by atoms with Crippen molar-refractivity contribution in [2.24, 2.45) is 0 Å². The van der Waals surface area contributed by atoms with Gasteiger partial charge in [-0.3, -0.25) is 0 Å². The zero-order valence-corrected chi connectivity index (χ0v) is 24.2. The molecule has 2 nitrogen and oxygen atoms in total. The average Bonchev–Trinajstić information content (AvgIpc) is 2.68. The van der Waals surface area contributed by atoms with Crippen LogP contribution in [0.2, 0.25) is 16.6 Å². The molecule has 0 N–H and O–H groups in total. The summed E-state index contributed by atoms with van der Waals surface area (Å²) < 4.78 is 12.6. The molecular weight excluding hydrogens is 408 g/mol. The van der Waals surface area contributed by atoms with Gasteiger partial charge in [0.05, 0.1) is 6.61 Å². The van der Waals surface area contributed by atoms with Gasteiger partial charge < -0.3 is 9.16 Å². The largest absolute Gasteiger partial charge is 0.439 e. The second kappa shape index (κ2) is 12.3. The summed E-state index contributed by atoms with van der Waals surface area (Å²) in [6, 6.07) is 4.75. The van der Waals surface area contributed by atoms with E-state index in [0.717, 1.165) is 0 Å². The summed E-state index contributed by atoms with van der Waals surface area (Å²) in [5, 5.41) is 0. The standard InChI is InChI=1S/C29H50O2Si/c1-19(2)26-17-27(20(3)4)29(28(18-26)21(5)6)25(13)30-15-14-16-31-32(22(7)8,23(9)10)24(11)12/h17-25H,16H2,1-13H3. The molecule has 0 saturated heterocycles. The molecule has 1 atom stereocenters. The quantitative estimate of drug-likeness (QED) is 0.257. The predicted octanol–water partition coefficient (Wildman–Crippen LogP) is 9.29. The van der Waals surface area contributed by atoms with E-state index < -0.39 is 8.32 Å². The Balaban J connectivity index is 3.13. The molecular formula is C29H50O2Si. The molecule has 182 valence electrons. The minimum absolute atomic E-state index is 0.0687. The van der Waals surface area contributed by atoms with E-state index in [1.807, 2.05) is 0 Å². The van der Waals surface area contributed by atoms with Gasteiger partial charge in [-0.1, -0.05) is 95.2 Å². The maximum absolute atomic E-state index is 6.55. The molecule has 0 fully saturated rings. The highest BCUT2D eigenvalue weighted by Gasteiger charge is 2.44. The van der Waals surface area contributed by atoms with Gasteiger partial charge in [-0.2, -0.15) is 0 Å². The summed E-state index contributed by atoms with van der Waals surface area (Å²) in [5.74, 6) is 4.57. The maximum Gasteiger partial charge on any atom is 0.201 e. The molecule has 1 aromatic carbocycles. The molecule has 0 aliphatic rings. The molecule has 32 heavy (non-hydrogen) atoms. The van der Waals surface area contributed by atoms with Gasteiger partial charge in [0.15, 0.2) is 0 Å². The van der Waals surface area contributed by atoms with Crippen molar-refractivity contribution in [3.8, 4) is 12.0 Å². The summed E-state index contributed by atoms with van der Waals surface area (Å²) in [6.07, 6.45) is 2.92. The first kappa shape index (κ1) is 28.8. The number of rotatable bonds is 10. The maximum atomic E-state index is 6.55. The fourth-order valence-corrected chi connectivity index (χ4v) is 10.7. The van der Waals surface area contributed by atoms with E-state index in [2.05, 4.69) is 114 Å². The Hall–Kier alpha value is -1.24. The molecule has 0 aromatic heterocycles. The third-order valence-electron chi connectivity index (χ3n) is 6.99. The van der Waals surface area contributed by atoms with Gasteiger partial charge in [0.1, 0.15) is 12.2 Å². The SMILES string of the molecule is CC(C)c1cc(C(C)C)c(C(C)OC#CCO[Si](C(C)C)(C(C)C)C(C)C)c(C(C)C)c1. The van der Waals surface area contributed by atoms with Gasteiger partial charge in [0.2, 0.25) is 8.32 Å². The van der Waals surface area contributed by atoms with E-state index in [4.69, 9.17) is 9.16 Å². The highest BCUT2D eigenvalue weighted by Crippen LogP contribution is 2.42. The molecule has 0 radical (unpaired) electrons. The van der Waals surface area contributed by atoms with Crippen LogP contribution in [0, 0.1) is 12.0 Å². The Morgan fingerprint density at radius 1 is 0.688 bits per heavy atom.